The summed E-state index contributed by atoms with van der Waals surface area (Å²) >= 11 is 5.98. The second-order valence-corrected chi connectivity index (χ2v) is 7.72. The molecule has 29 heavy (non-hydrogen) atoms. The van der Waals surface area contributed by atoms with Crippen molar-refractivity contribution in [2.24, 2.45) is 0 Å². The molecule has 0 saturated carbocycles. The molecule has 2 aromatic carbocycles. The molecule has 0 bridgehead atoms. The number of halogens is 4. The van der Waals surface area contributed by atoms with E-state index in [1.54, 1.807) is 12.1 Å². The van der Waals surface area contributed by atoms with Crippen LogP contribution in [0.1, 0.15) is 12.8 Å². The Bertz CT molecular complexity index is 991. The van der Waals surface area contributed by atoms with Gasteiger partial charge in [0.1, 0.15) is 5.69 Å². The van der Waals surface area contributed by atoms with Crippen LogP contribution in [0, 0.1) is 0 Å². The number of anilines is 1. The van der Waals surface area contributed by atoms with Crippen LogP contribution in [0.3, 0.4) is 0 Å². The number of rotatable bonds is 4. The Hall–Kier alpha value is -2.38. The molecule has 0 radical (unpaired) electrons. The van der Waals surface area contributed by atoms with Gasteiger partial charge in [0.05, 0.1) is 6.54 Å². The Morgan fingerprint density at radius 1 is 1.03 bits per heavy atom. The summed E-state index contributed by atoms with van der Waals surface area (Å²) in [4.78, 5) is 1.44. The third-order valence-electron chi connectivity index (χ3n) is 5.05. The number of alkyl halides is 3. The average molecular weight is 421 g/mol. The monoisotopic (exact) mass is 420 g/mol. The predicted molar refractivity (Wildman–Crippen MR) is 109 cm³/mol. The minimum absolute atomic E-state index is 0.106. The summed E-state index contributed by atoms with van der Waals surface area (Å²) in [5, 5.41) is 14.5. The minimum Gasteiger partial charge on any atom is -0.364 e. The number of hydrogen-bond acceptors (Lipinski definition) is 4. The SMILES string of the molecule is FC(F)(F)CN1CCCC(Nc2nnc(-c3ccc(Cl)cc3)c3ccccc23)C1. The van der Waals surface area contributed by atoms with Crippen LogP contribution in [0.5, 0.6) is 0 Å². The smallest absolute Gasteiger partial charge is 0.364 e. The Morgan fingerprint density at radius 2 is 1.76 bits per heavy atom. The average Bonchev–Trinajstić information content (AvgIpc) is 2.68. The molecule has 1 N–H and O–H groups in total. The van der Waals surface area contributed by atoms with E-state index in [0.717, 1.165) is 28.5 Å². The van der Waals surface area contributed by atoms with Crippen molar-refractivity contribution >= 4 is 28.2 Å². The van der Waals surface area contributed by atoms with Crippen LogP contribution in [-0.2, 0) is 0 Å². The fourth-order valence-electron chi connectivity index (χ4n) is 3.80. The molecule has 3 aromatic rings. The van der Waals surface area contributed by atoms with E-state index in [1.165, 1.54) is 4.90 Å². The van der Waals surface area contributed by atoms with Crippen LogP contribution >= 0.6 is 11.6 Å². The fraction of sp³-hybridized carbons (Fsp3) is 0.333. The van der Waals surface area contributed by atoms with Gasteiger partial charge in [-0.25, -0.2) is 0 Å². The van der Waals surface area contributed by atoms with E-state index >= 15 is 0 Å². The zero-order valence-electron chi connectivity index (χ0n) is 15.6. The standard InChI is InChI=1S/C21H20ClF3N4/c22-15-9-7-14(8-10-15)19-17-5-1-2-6-18(17)20(28-27-19)26-16-4-3-11-29(12-16)13-21(23,24)25/h1-2,5-10,16H,3-4,11-13H2,(H,26,28). The van der Waals surface area contributed by atoms with Crippen LogP contribution in [0.2, 0.25) is 5.02 Å². The van der Waals surface area contributed by atoms with Crippen molar-refractivity contribution in [2.45, 2.75) is 25.1 Å². The molecule has 0 amide bonds. The Labute approximate surface area is 171 Å². The Morgan fingerprint density at radius 3 is 2.48 bits per heavy atom. The van der Waals surface area contributed by atoms with Gasteiger partial charge in [-0.05, 0) is 31.5 Å². The summed E-state index contributed by atoms with van der Waals surface area (Å²) in [6.45, 7) is -0.0960. The van der Waals surface area contributed by atoms with Crippen LogP contribution in [0.15, 0.2) is 48.5 Å². The van der Waals surface area contributed by atoms with Gasteiger partial charge >= 0.3 is 6.18 Å². The molecule has 1 fully saturated rings. The van der Waals surface area contributed by atoms with Crippen LogP contribution in [-0.4, -0.2) is 46.9 Å². The van der Waals surface area contributed by atoms with Crippen molar-refractivity contribution in [1.82, 2.24) is 15.1 Å². The number of hydrogen-bond donors (Lipinski definition) is 1. The van der Waals surface area contributed by atoms with Gasteiger partial charge in [-0.3, -0.25) is 4.90 Å². The molecular weight excluding hydrogens is 401 g/mol. The predicted octanol–water partition coefficient (Wildman–Crippen LogP) is 5.39. The minimum atomic E-state index is -4.19. The van der Waals surface area contributed by atoms with Crippen LogP contribution in [0.4, 0.5) is 19.0 Å². The van der Waals surface area contributed by atoms with Crippen molar-refractivity contribution in [3.05, 3.63) is 53.6 Å². The number of likely N-dealkylation sites (tertiary alicyclic amines) is 1. The van der Waals surface area contributed by atoms with E-state index in [2.05, 4.69) is 15.5 Å². The van der Waals surface area contributed by atoms with Gasteiger partial charge in [0.25, 0.3) is 0 Å². The zero-order valence-corrected chi connectivity index (χ0v) is 16.3. The molecular formula is C21H20ClF3N4. The molecule has 4 nitrogen and oxygen atoms in total. The van der Waals surface area contributed by atoms with Crippen LogP contribution in [0.25, 0.3) is 22.0 Å². The van der Waals surface area contributed by atoms with Gasteiger partial charge in [-0.15, -0.1) is 10.2 Å². The van der Waals surface area contributed by atoms with Gasteiger partial charge in [-0.2, -0.15) is 13.2 Å². The molecule has 1 aromatic heterocycles. The number of nitrogens with one attached hydrogen (secondary N) is 1. The van der Waals surface area contributed by atoms with Gasteiger partial charge in [-0.1, -0.05) is 48.0 Å². The molecule has 8 heteroatoms. The van der Waals surface area contributed by atoms with E-state index in [0.29, 0.717) is 30.4 Å². The summed E-state index contributed by atoms with van der Waals surface area (Å²) < 4.78 is 38.2. The first-order valence-corrected chi connectivity index (χ1v) is 9.84. The number of fused-ring (bicyclic) bond motifs is 1. The highest BCUT2D eigenvalue weighted by Gasteiger charge is 2.33. The quantitative estimate of drug-likeness (QED) is 0.614. The maximum Gasteiger partial charge on any atom is 0.401 e. The van der Waals surface area contributed by atoms with Crippen LogP contribution < -0.4 is 5.32 Å². The molecule has 1 saturated heterocycles. The lowest BCUT2D eigenvalue weighted by molar-refractivity contribution is -0.147. The van der Waals surface area contributed by atoms with Gasteiger partial charge in [0.2, 0.25) is 0 Å². The van der Waals surface area contributed by atoms with Gasteiger partial charge < -0.3 is 5.32 Å². The van der Waals surface area contributed by atoms with Crippen molar-refractivity contribution in [1.29, 1.82) is 0 Å². The Kier molecular flexibility index (Phi) is 5.61. The lowest BCUT2D eigenvalue weighted by Gasteiger charge is -2.33. The van der Waals surface area contributed by atoms with Crippen molar-refractivity contribution in [3.63, 3.8) is 0 Å². The van der Waals surface area contributed by atoms with Gasteiger partial charge in [0.15, 0.2) is 5.82 Å². The largest absolute Gasteiger partial charge is 0.401 e. The van der Waals surface area contributed by atoms with Crippen molar-refractivity contribution in [2.75, 3.05) is 25.0 Å². The molecule has 0 aliphatic carbocycles. The maximum absolute atomic E-state index is 12.7. The lowest BCUT2D eigenvalue weighted by atomic mass is 10.0. The first-order chi connectivity index (χ1) is 13.9. The molecule has 1 aliphatic heterocycles. The fourth-order valence-corrected chi connectivity index (χ4v) is 3.92. The van der Waals surface area contributed by atoms with Crippen molar-refractivity contribution < 1.29 is 13.2 Å². The van der Waals surface area contributed by atoms with E-state index in [9.17, 15) is 13.2 Å². The molecule has 1 atom stereocenters. The van der Waals surface area contributed by atoms with E-state index in [4.69, 9.17) is 11.6 Å². The molecule has 0 spiro atoms. The Balaban J connectivity index is 1.60. The van der Waals surface area contributed by atoms with Gasteiger partial charge in [0, 0.05) is 33.9 Å². The summed E-state index contributed by atoms with van der Waals surface area (Å²) in [5.41, 5.74) is 1.64. The summed E-state index contributed by atoms with van der Waals surface area (Å²) in [7, 11) is 0. The summed E-state index contributed by atoms with van der Waals surface area (Å²) in [6.07, 6.45) is -2.68. The van der Waals surface area contributed by atoms with E-state index in [-0.39, 0.29) is 6.04 Å². The normalized spacial score (nSPS) is 18.1. The maximum atomic E-state index is 12.7. The lowest BCUT2D eigenvalue weighted by Crippen LogP contribution is -2.46. The topological polar surface area (TPSA) is 41.0 Å². The molecule has 2 heterocycles. The van der Waals surface area contributed by atoms with E-state index < -0.39 is 12.7 Å². The zero-order chi connectivity index (χ0) is 20.4. The highest BCUT2D eigenvalue weighted by molar-refractivity contribution is 6.30. The molecule has 152 valence electrons. The highest BCUT2D eigenvalue weighted by atomic mass is 35.5. The van der Waals surface area contributed by atoms with E-state index in [1.807, 2.05) is 36.4 Å². The molecule has 1 unspecified atom stereocenters. The number of piperidine rings is 1. The first-order valence-electron chi connectivity index (χ1n) is 9.46. The first kappa shape index (κ1) is 19.9. The third kappa shape index (κ3) is 4.79. The molecule has 4 rings (SSSR count). The molecule has 1 aliphatic rings. The second-order valence-electron chi connectivity index (χ2n) is 7.28. The summed E-state index contributed by atoms with van der Waals surface area (Å²) in [6, 6.07) is 15.0. The summed E-state index contributed by atoms with van der Waals surface area (Å²) in [5.74, 6) is 0.595. The third-order valence-corrected chi connectivity index (χ3v) is 5.31. The number of nitrogens with zero attached hydrogens (tertiary/aromatic N) is 3. The number of aromatic nitrogens is 2. The number of benzene rings is 2. The van der Waals surface area contributed by atoms with Crippen molar-refractivity contribution in [3.8, 4) is 11.3 Å². The second kappa shape index (κ2) is 8.16. The highest BCUT2D eigenvalue weighted by Crippen LogP contribution is 2.31.